The molecule has 8 heteroatoms. The van der Waals surface area contributed by atoms with Crippen LogP contribution in [0.1, 0.15) is 16.3 Å². The maximum atomic E-state index is 12.1. The minimum Gasteiger partial charge on any atom is -0.316 e. The standard InChI is InChI=1S/C11H15N3O2S3/c1-8-14-10(7-17-8)5-13-19(15,16)11-3-9(4-12-2)6-18-11/h3,6-7,12-13H,4-5H2,1-2H3. The van der Waals surface area contributed by atoms with Gasteiger partial charge < -0.3 is 5.32 Å². The third kappa shape index (κ3) is 3.83. The molecule has 0 radical (unpaired) electrons. The normalized spacial score (nSPS) is 11.9. The van der Waals surface area contributed by atoms with Gasteiger partial charge in [0.25, 0.3) is 0 Å². The van der Waals surface area contributed by atoms with E-state index in [1.165, 1.54) is 22.7 Å². The molecule has 0 aliphatic carbocycles. The number of hydrogen-bond donors (Lipinski definition) is 2. The molecule has 0 fully saturated rings. The monoisotopic (exact) mass is 317 g/mol. The van der Waals surface area contributed by atoms with Crippen LogP contribution in [0.25, 0.3) is 0 Å². The van der Waals surface area contributed by atoms with E-state index in [4.69, 9.17) is 0 Å². The number of nitrogens with one attached hydrogen (secondary N) is 2. The first-order valence-corrected chi connectivity index (χ1v) is 8.88. The quantitative estimate of drug-likeness (QED) is 0.851. The van der Waals surface area contributed by atoms with Gasteiger partial charge in [-0.05, 0) is 31.0 Å². The van der Waals surface area contributed by atoms with Crippen LogP contribution >= 0.6 is 22.7 Å². The van der Waals surface area contributed by atoms with Gasteiger partial charge in [-0.15, -0.1) is 22.7 Å². The molecule has 2 N–H and O–H groups in total. The fraction of sp³-hybridized carbons (Fsp3) is 0.364. The smallest absolute Gasteiger partial charge is 0.250 e. The van der Waals surface area contributed by atoms with Gasteiger partial charge in [-0.3, -0.25) is 0 Å². The van der Waals surface area contributed by atoms with E-state index in [1.807, 2.05) is 24.7 Å². The fourth-order valence-corrected chi connectivity index (χ4v) is 4.39. The molecule has 0 aliphatic heterocycles. The van der Waals surface area contributed by atoms with E-state index in [-0.39, 0.29) is 6.54 Å². The Bertz CT molecular complexity index is 646. The number of aromatic nitrogens is 1. The van der Waals surface area contributed by atoms with E-state index in [0.717, 1.165) is 16.3 Å². The van der Waals surface area contributed by atoms with E-state index in [0.29, 0.717) is 10.8 Å². The van der Waals surface area contributed by atoms with Crippen molar-refractivity contribution in [2.45, 2.75) is 24.2 Å². The first-order chi connectivity index (χ1) is 9.01. The van der Waals surface area contributed by atoms with Gasteiger partial charge in [0.15, 0.2) is 0 Å². The molecule has 0 aromatic carbocycles. The fourth-order valence-electron chi connectivity index (χ4n) is 1.52. The Hall–Kier alpha value is -0.800. The van der Waals surface area contributed by atoms with Crippen LogP contribution in [0.4, 0.5) is 0 Å². The lowest BCUT2D eigenvalue weighted by Gasteiger charge is -2.02. The maximum absolute atomic E-state index is 12.1. The molecule has 0 spiro atoms. The third-order valence-corrected chi connectivity index (χ3v) is 6.10. The van der Waals surface area contributed by atoms with Crippen molar-refractivity contribution in [3.8, 4) is 0 Å². The summed E-state index contributed by atoms with van der Waals surface area (Å²) in [6.45, 7) is 2.79. The average Bonchev–Trinajstić information content (AvgIpc) is 2.97. The summed E-state index contributed by atoms with van der Waals surface area (Å²) in [4.78, 5) is 4.23. The molecule has 0 bridgehead atoms. The van der Waals surface area contributed by atoms with Crippen molar-refractivity contribution in [2.24, 2.45) is 0 Å². The molecule has 0 saturated carbocycles. The van der Waals surface area contributed by atoms with Crippen LogP contribution in [-0.2, 0) is 23.1 Å². The number of sulfonamides is 1. The summed E-state index contributed by atoms with van der Waals surface area (Å²) in [5.74, 6) is 0. The Labute approximate surface area is 120 Å². The number of rotatable bonds is 6. The second-order valence-electron chi connectivity index (χ2n) is 3.99. The number of thiophene rings is 1. The maximum Gasteiger partial charge on any atom is 0.250 e. The van der Waals surface area contributed by atoms with Crippen molar-refractivity contribution in [3.63, 3.8) is 0 Å². The molecule has 0 aliphatic rings. The topological polar surface area (TPSA) is 71.1 Å². The molecular weight excluding hydrogens is 302 g/mol. The van der Waals surface area contributed by atoms with Gasteiger partial charge in [0.05, 0.1) is 17.2 Å². The van der Waals surface area contributed by atoms with E-state index in [2.05, 4.69) is 15.0 Å². The minimum absolute atomic E-state index is 0.228. The molecule has 2 rings (SSSR count). The summed E-state index contributed by atoms with van der Waals surface area (Å²) >= 11 is 2.74. The molecule has 2 aromatic rings. The Morgan fingerprint density at radius 1 is 1.26 bits per heavy atom. The zero-order chi connectivity index (χ0) is 13.9. The Morgan fingerprint density at radius 2 is 2.05 bits per heavy atom. The highest BCUT2D eigenvalue weighted by molar-refractivity contribution is 7.91. The lowest BCUT2D eigenvalue weighted by molar-refractivity contribution is 0.582. The summed E-state index contributed by atoms with van der Waals surface area (Å²) < 4.78 is 27.1. The lowest BCUT2D eigenvalue weighted by Crippen LogP contribution is -2.22. The van der Waals surface area contributed by atoms with Crippen LogP contribution in [0.2, 0.25) is 0 Å². The molecule has 2 heterocycles. The SMILES string of the molecule is CNCc1csc(S(=O)(=O)NCc2csc(C)n2)c1. The molecule has 104 valence electrons. The van der Waals surface area contributed by atoms with Crippen molar-refractivity contribution in [3.05, 3.63) is 33.1 Å². The van der Waals surface area contributed by atoms with Crippen molar-refractivity contribution in [1.82, 2.24) is 15.0 Å². The van der Waals surface area contributed by atoms with Crippen molar-refractivity contribution < 1.29 is 8.42 Å². The zero-order valence-corrected chi connectivity index (χ0v) is 13.1. The van der Waals surface area contributed by atoms with Crippen molar-refractivity contribution in [1.29, 1.82) is 0 Å². The predicted octanol–water partition coefficient (Wildman–Crippen LogP) is 1.71. The van der Waals surface area contributed by atoms with Crippen LogP contribution in [0.5, 0.6) is 0 Å². The Morgan fingerprint density at radius 3 is 2.68 bits per heavy atom. The highest BCUT2D eigenvalue weighted by Crippen LogP contribution is 2.20. The van der Waals surface area contributed by atoms with Crippen LogP contribution < -0.4 is 10.0 Å². The number of nitrogens with zero attached hydrogens (tertiary/aromatic N) is 1. The molecule has 2 aromatic heterocycles. The minimum atomic E-state index is -3.44. The van der Waals surface area contributed by atoms with Gasteiger partial charge in [0.2, 0.25) is 10.0 Å². The number of aryl methyl sites for hydroxylation is 1. The van der Waals surface area contributed by atoms with E-state index in [1.54, 1.807) is 6.07 Å². The average molecular weight is 317 g/mol. The number of hydrogen-bond acceptors (Lipinski definition) is 6. The van der Waals surface area contributed by atoms with Crippen LogP contribution in [0.15, 0.2) is 21.0 Å². The van der Waals surface area contributed by atoms with E-state index < -0.39 is 10.0 Å². The van der Waals surface area contributed by atoms with Crippen LogP contribution in [0, 0.1) is 6.92 Å². The van der Waals surface area contributed by atoms with Gasteiger partial charge in [0, 0.05) is 11.9 Å². The van der Waals surface area contributed by atoms with Gasteiger partial charge in [0.1, 0.15) is 4.21 Å². The van der Waals surface area contributed by atoms with E-state index in [9.17, 15) is 8.42 Å². The Balaban J connectivity index is 2.04. The van der Waals surface area contributed by atoms with Crippen molar-refractivity contribution >= 4 is 32.7 Å². The molecule has 0 saturated heterocycles. The summed E-state index contributed by atoms with van der Waals surface area (Å²) in [6, 6.07) is 1.69. The number of thiazole rings is 1. The first kappa shape index (κ1) is 14.6. The molecule has 19 heavy (non-hydrogen) atoms. The van der Waals surface area contributed by atoms with Crippen molar-refractivity contribution in [2.75, 3.05) is 7.05 Å². The molecule has 0 atom stereocenters. The Kier molecular flexibility index (Phi) is 4.69. The predicted molar refractivity (Wildman–Crippen MR) is 78.0 cm³/mol. The molecule has 5 nitrogen and oxygen atoms in total. The zero-order valence-electron chi connectivity index (χ0n) is 10.6. The van der Waals surface area contributed by atoms with Gasteiger partial charge in [-0.2, -0.15) is 0 Å². The molecule has 0 amide bonds. The summed E-state index contributed by atoms with van der Waals surface area (Å²) in [5, 5.41) is 7.63. The second kappa shape index (κ2) is 6.10. The highest BCUT2D eigenvalue weighted by Gasteiger charge is 2.16. The highest BCUT2D eigenvalue weighted by atomic mass is 32.2. The summed E-state index contributed by atoms with van der Waals surface area (Å²) in [6.07, 6.45) is 0. The van der Waals surface area contributed by atoms with Gasteiger partial charge >= 0.3 is 0 Å². The van der Waals surface area contributed by atoms with Crippen LogP contribution in [-0.4, -0.2) is 20.4 Å². The molecule has 0 unspecified atom stereocenters. The van der Waals surface area contributed by atoms with Gasteiger partial charge in [-0.1, -0.05) is 0 Å². The second-order valence-corrected chi connectivity index (χ2v) is 7.95. The van der Waals surface area contributed by atoms with E-state index >= 15 is 0 Å². The first-order valence-electron chi connectivity index (χ1n) is 5.64. The largest absolute Gasteiger partial charge is 0.316 e. The van der Waals surface area contributed by atoms with Crippen LogP contribution in [0.3, 0.4) is 0 Å². The third-order valence-electron chi connectivity index (χ3n) is 2.39. The van der Waals surface area contributed by atoms with Gasteiger partial charge in [-0.25, -0.2) is 18.1 Å². The summed E-state index contributed by atoms with van der Waals surface area (Å²) in [5.41, 5.74) is 1.72. The molecular formula is C11H15N3O2S3. The summed E-state index contributed by atoms with van der Waals surface area (Å²) in [7, 11) is -1.61. The lowest BCUT2D eigenvalue weighted by atomic mass is 10.3.